The summed E-state index contributed by atoms with van der Waals surface area (Å²) < 4.78 is 39.6. The normalized spacial score (nSPS) is 31.7. The highest BCUT2D eigenvalue weighted by Gasteiger charge is 2.50. The van der Waals surface area contributed by atoms with Crippen molar-refractivity contribution in [3.05, 3.63) is 0 Å². The van der Waals surface area contributed by atoms with E-state index >= 15 is 0 Å². The maximum atomic E-state index is 12.1. The average Bonchev–Trinajstić information content (AvgIpc) is 2.53. The minimum absolute atomic E-state index is 0.0158. The zero-order chi connectivity index (χ0) is 19.2. The van der Waals surface area contributed by atoms with Crippen LogP contribution in [0.15, 0.2) is 0 Å². The minimum atomic E-state index is -5.07. The molecule has 1 unspecified atom stereocenters. The third-order valence-corrected chi connectivity index (χ3v) is 4.46. The summed E-state index contributed by atoms with van der Waals surface area (Å²) in [6.45, 7) is 2.04. The largest absolute Gasteiger partial charge is 0.397 e. The molecule has 1 saturated heterocycles. The molecule has 0 radical (unpaired) electrons. The summed E-state index contributed by atoms with van der Waals surface area (Å²) >= 11 is 0. The number of rotatable bonds is 10. The van der Waals surface area contributed by atoms with E-state index in [1.54, 1.807) is 0 Å². The Hall–Kier alpha value is -0.660. The van der Waals surface area contributed by atoms with Gasteiger partial charge in [0.05, 0.1) is 0 Å². The van der Waals surface area contributed by atoms with Crippen LogP contribution >= 0.6 is 0 Å². The van der Waals surface area contributed by atoms with Gasteiger partial charge in [0, 0.05) is 6.42 Å². The fourth-order valence-corrected chi connectivity index (χ4v) is 3.12. The molecule has 0 saturated carbocycles. The van der Waals surface area contributed by atoms with Crippen molar-refractivity contribution in [1.29, 1.82) is 0 Å². The van der Waals surface area contributed by atoms with Gasteiger partial charge in [0.1, 0.15) is 30.5 Å². The smallest absolute Gasteiger partial charge is 0.387 e. The van der Waals surface area contributed by atoms with Crippen molar-refractivity contribution < 1.29 is 47.1 Å². The Kier molecular flexibility index (Phi) is 8.84. The van der Waals surface area contributed by atoms with Crippen molar-refractivity contribution in [2.75, 3.05) is 0 Å². The van der Waals surface area contributed by atoms with E-state index < -0.39 is 53.0 Å². The molecule has 1 heterocycles. The van der Waals surface area contributed by atoms with Crippen molar-refractivity contribution in [2.24, 2.45) is 0 Å². The Morgan fingerprint density at radius 2 is 1.72 bits per heavy atom. The van der Waals surface area contributed by atoms with Crippen LogP contribution in [0.4, 0.5) is 0 Å². The summed E-state index contributed by atoms with van der Waals surface area (Å²) in [6, 6.07) is 0. The Balaban J connectivity index is 2.76. The number of aliphatic hydroxyl groups excluding tert-OH is 4. The van der Waals surface area contributed by atoms with Crippen LogP contribution in [-0.4, -0.2) is 76.0 Å². The van der Waals surface area contributed by atoms with Gasteiger partial charge in [-0.3, -0.25) is 9.35 Å². The van der Waals surface area contributed by atoms with Gasteiger partial charge in [0.15, 0.2) is 12.1 Å². The van der Waals surface area contributed by atoms with Crippen LogP contribution < -0.4 is 0 Å². The van der Waals surface area contributed by atoms with Gasteiger partial charge in [-0.2, -0.15) is 8.42 Å². The lowest BCUT2D eigenvalue weighted by atomic mass is 9.92. The van der Waals surface area contributed by atoms with Crippen molar-refractivity contribution in [3.63, 3.8) is 0 Å². The zero-order valence-electron chi connectivity index (χ0n) is 13.9. The van der Waals surface area contributed by atoms with E-state index in [1.807, 2.05) is 6.92 Å². The SMILES string of the molecule is CCCCCCCC(=O)C(O)[C@H]1O[C@H](O)[C@H](O)[C@@H](O)[C@@H]1OS(=O)(=O)O. The van der Waals surface area contributed by atoms with Gasteiger partial charge in [-0.1, -0.05) is 32.6 Å². The number of unbranched alkanes of at least 4 members (excludes halogenated alkanes) is 4. The highest BCUT2D eigenvalue weighted by molar-refractivity contribution is 7.80. The van der Waals surface area contributed by atoms with Crippen molar-refractivity contribution in [3.8, 4) is 0 Å². The first-order valence-electron chi connectivity index (χ1n) is 8.14. The molecule has 1 fully saturated rings. The van der Waals surface area contributed by atoms with Gasteiger partial charge >= 0.3 is 10.4 Å². The topological polar surface area (TPSA) is 171 Å². The first kappa shape index (κ1) is 22.4. The lowest BCUT2D eigenvalue weighted by molar-refractivity contribution is -0.289. The molecule has 0 amide bonds. The predicted molar refractivity (Wildman–Crippen MR) is 83.7 cm³/mol. The molecule has 6 atom stereocenters. The first-order valence-corrected chi connectivity index (χ1v) is 9.51. The number of ether oxygens (including phenoxy) is 1. The van der Waals surface area contributed by atoms with Crippen LogP contribution in [0.3, 0.4) is 0 Å². The zero-order valence-corrected chi connectivity index (χ0v) is 14.7. The lowest BCUT2D eigenvalue weighted by Gasteiger charge is -2.41. The van der Waals surface area contributed by atoms with E-state index in [0.29, 0.717) is 6.42 Å². The van der Waals surface area contributed by atoms with Crippen LogP contribution in [0.5, 0.6) is 0 Å². The number of hydrogen-bond acceptors (Lipinski definition) is 9. The molecule has 0 aromatic rings. The summed E-state index contributed by atoms with van der Waals surface area (Å²) in [5.74, 6) is -0.693. The molecular weight excluding hydrogens is 360 g/mol. The Bertz CT molecular complexity index is 522. The second kappa shape index (κ2) is 9.88. The quantitative estimate of drug-likeness (QED) is 0.229. The molecule has 5 N–H and O–H groups in total. The summed E-state index contributed by atoms with van der Waals surface area (Å²) in [5, 5.41) is 39.0. The average molecular weight is 386 g/mol. The second-order valence-corrected chi connectivity index (χ2v) is 7.08. The van der Waals surface area contributed by atoms with Crippen LogP contribution in [0.2, 0.25) is 0 Å². The number of carbonyl (C=O) groups is 1. The Morgan fingerprint density at radius 3 is 2.28 bits per heavy atom. The molecule has 0 bridgehead atoms. The third-order valence-electron chi connectivity index (χ3n) is 4.00. The Labute approximate surface area is 146 Å². The third kappa shape index (κ3) is 6.87. The van der Waals surface area contributed by atoms with Crippen LogP contribution in [0.25, 0.3) is 0 Å². The van der Waals surface area contributed by atoms with Gasteiger partial charge < -0.3 is 25.2 Å². The lowest BCUT2D eigenvalue weighted by Crippen LogP contribution is -2.62. The van der Waals surface area contributed by atoms with Crippen LogP contribution in [0.1, 0.15) is 45.4 Å². The van der Waals surface area contributed by atoms with Gasteiger partial charge in [-0.15, -0.1) is 0 Å². The fraction of sp³-hybridized carbons (Fsp3) is 0.929. The van der Waals surface area contributed by atoms with E-state index in [9.17, 15) is 33.6 Å². The standard InChI is InChI=1S/C14H26O10S/c1-2-3-4-5-6-7-8(15)9(16)12-13(24-25(20,21)22)10(17)11(18)14(19)23-12/h9-14,16-19H,2-7H2,1H3,(H,20,21,22)/t9?,10-,11-,12-,13+,14+/m1/s1. The van der Waals surface area contributed by atoms with Crippen molar-refractivity contribution in [1.82, 2.24) is 0 Å². The van der Waals surface area contributed by atoms with E-state index in [0.717, 1.165) is 25.7 Å². The van der Waals surface area contributed by atoms with E-state index in [2.05, 4.69) is 4.18 Å². The van der Waals surface area contributed by atoms with Crippen LogP contribution in [-0.2, 0) is 24.1 Å². The van der Waals surface area contributed by atoms with Crippen molar-refractivity contribution >= 4 is 16.2 Å². The monoisotopic (exact) mass is 386 g/mol. The maximum absolute atomic E-state index is 12.1. The summed E-state index contributed by atoms with van der Waals surface area (Å²) in [7, 11) is -5.07. The van der Waals surface area contributed by atoms with E-state index in [4.69, 9.17) is 9.29 Å². The fourth-order valence-electron chi connectivity index (χ4n) is 2.62. The number of carbonyl (C=O) groups excluding carboxylic acids is 1. The molecule has 0 spiro atoms. The Morgan fingerprint density at radius 1 is 1.12 bits per heavy atom. The molecule has 0 aromatic heterocycles. The summed E-state index contributed by atoms with van der Waals surface area (Å²) in [6.07, 6.45) is -7.35. The molecule has 25 heavy (non-hydrogen) atoms. The number of hydrogen-bond donors (Lipinski definition) is 5. The minimum Gasteiger partial charge on any atom is -0.387 e. The molecule has 11 heteroatoms. The highest BCUT2D eigenvalue weighted by atomic mass is 32.3. The molecule has 0 aliphatic carbocycles. The van der Waals surface area contributed by atoms with Crippen molar-refractivity contribution in [2.45, 2.75) is 82.3 Å². The molecule has 1 aliphatic heterocycles. The summed E-state index contributed by atoms with van der Waals surface area (Å²) in [5.41, 5.74) is 0. The van der Waals surface area contributed by atoms with E-state index in [-0.39, 0.29) is 6.42 Å². The number of Topliss-reactive ketones (excluding diaryl/α,β-unsaturated/α-hetero) is 1. The molecule has 148 valence electrons. The number of ketones is 1. The van der Waals surface area contributed by atoms with Crippen LogP contribution in [0, 0.1) is 0 Å². The van der Waals surface area contributed by atoms with E-state index in [1.165, 1.54) is 0 Å². The highest BCUT2D eigenvalue weighted by Crippen LogP contribution is 2.26. The van der Waals surface area contributed by atoms with Gasteiger partial charge in [-0.25, -0.2) is 4.18 Å². The number of aliphatic hydroxyl groups is 4. The summed E-state index contributed by atoms with van der Waals surface area (Å²) in [4.78, 5) is 12.1. The second-order valence-electron chi connectivity index (χ2n) is 6.04. The maximum Gasteiger partial charge on any atom is 0.397 e. The molecular formula is C14H26O10S. The molecule has 0 aromatic carbocycles. The van der Waals surface area contributed by atoms with Gasteiger partial charge in [-0.05, 0) is 6.42 Å². The van der Waals surface area contributed by atoms with Gasteiger partial charge in [0.2, 0.25) is 0 Å². The predicted octanol–water partition coefficient (Wildman–Crippen LogP) is -1.10. The molecule has 1 aliphatic rings. The van der Waals surface area contributed by atoms with Gasteiger partial charge in [0.25, 0.3) is 0 Å². The molecule has 1 rings (SSSR count). The molecule has 10 nitrogen and oxygen atoms in total. The first-order chi connectivity index (χ1) is 11.6.